The molecule has 2 aromatic carbocycles. The molecule has 0 spiro atoms. The summed E-state index contributed by atoms with van der Waals surface area (Å²) in [7, 11) is 7.55. The predicted molar refractivity (Wildman–Crippen MR) is 156 cm³/mol. The summed E-state index contributed by atoms with van der Waals surface area (Å²) in [6, 6.07) is 13.3. The van der Waals surface area contributed by atoms with Gasteiger partial charge in [-0.1, -0.05) is 6.07 Å². The molecule has 2 amide bonds. The van der Waals surface area contributed by atoms with E-state index in [1.165, 1.54) is 6.08 Å². The van der Waals surface area contributed by atoms with E-state index < -0.39 is 5.91 Å². The standard InChI is InChI=1S/C29H33N7O4/c1-34(2)13-14-35(3)25-17-26(40-4)23(16-21(25)6-8-28(39)31-19-38)32-29-30-11-9-27(33-29)36-12-10-22-15-20(18-37)5-7-24(22)36/h5-12,15-17,19,37H,13-14,18H2,1-4H3,(H,30,32,33)(H,31,38,39). The van der Waals surface area contributed by atoms with Gasteiger partial charge in [0.15, 0.2) is 0 Å². The maximum Gasteiger partial charge on any atom is 0.250 e. The summed E-state index contributed by atoms with van der Waals surface area (Å²) in [6.45, 7) is 1.54. The van der Waals surface area contributed by atoms with Crippen molar-refractivity contribution < 1.29 is 19.4 Å². The smallest absolute Gasteiger partial charge is 0.250 e. The van der Waals surface area contributed by atoms with Crippen molar-refractivity contribution in [2.75, 3.05) is 51.6 Å². The number of ether oxygens (including phenoxy) is 1. The second-order valence-corrected chi connectivity index (χ2v) is 9.40. The van der Waals surface area contributed by atoms with E-state index in [1.807, 2.05) is 74.4 Å². The average molecular weight is 544 g/mol. The summed E-state index contributed by atoms with van der Waals surface area (Å²) in [5.41, 5.74) is 3.97. The number of nitrogens with one attached hydrogen (secondary N) is 2. The quantitative estimate of drug-likeness (QED) is 0.183. The summed E-state index contributed by atoms with van der Waals surface area (Å²) in [5, 5.41) is 15.8. The fourth-order valence-electron chi connectivity index (χ4n) is 4.21. The van der Waals surface area contributed by atoms with Crippen molar-refractivity contribution in [2.45, 2.75) is 6.61 Å². The number of carbonyl (C=O) groups is 2. The van der Waals surface area contributed by atoms with Crippen LogP contribution in [0.1, 0.15) is 11.1 Å². The van der Waals surface area contributed by atoms with E-state index in [-0.39, 0.29) is 6.61 Å². The first kappa shape index (κ1) is 28.3. The van der Waals surface area contributed by atoms with Gasteiger partial charge in [0.05, 0.1) is 24.9 Å². The van der Waals surface area contributed by atoms with Crippen LogP contribution in [-0.4, -0.2) is 78.2 Å². The lowest BCUT2D eigenvalue weighted by Gasteiger charge is -2.25. The molecule has 2 aromatic heterocycles. The molecule has 2 heterocycles. The molecule has 4 rings (SSSR count). The number of anilines is 3. The van der Waals surface area contributed by atoms with E-state index in [1.54, 1.807) is 19.4 Å². The molecule has 0 fully saturated rings. The first-order valence-electron chi connectivity index (χ1n) is 12.6. The summed E-state index contributed by atoms with van der Waals surface area (Å²) in [4.78, 5) is 35.9. The normalized spacial score (nSPS) is 11.2. The highest BCUT2D eigenvalue weighted by atomic mass is 16.5. The molecule has 0 atom stereocenters. The fraction of sp³-hybridized carbons (Fsp3) is 0.241. The summed E-state index contributed by atoms with van der Waals surface area (Å²) in [5.74, 6) is 1.06. The highest BCUT2D eigenvalue weighted by molar-refractivity contribution is 5.98. The van der Waals surface area contributed by atoms with E-state index in [9.17, 15) is 14.7 Å². The van der Waals surface area contributed by atoms with E-state index in [0.29, 0.717) is 29.6 Å². The van der Waals surface area contributed by atoms with Gasteiger partial charge in [-0.05, 0) is 56.1 Å². The Labute approximate surface area is 232 Å². The highest BCUT2D eigenvalue weighted by Crippen LogP contribution is 2.35. The van der Waals surface area contributed by atoms with Crippen LogP contribution in [-0.2, 0) is 16.2 Å². The van der Waals surface area contributed by atoms with Gasteiger partial charge in [-0.15, -0.1) is 0 Å². The number of fused-ring (bicyclic) bond motifs is 1. The van der Waals surface area contributed by atoms with Crippen molar-refractivity contribution in [3.63, 3.8) is 0 Å². The van der Waals surface area contributed by atoms with Gasteiger partial charge in [0.25, 0.3) is 0 Å². The van der Waals surface area contributed by atoms with Crippen molar-refractivity contribution in [1.29, 1.82) is 0 Å². The molecule has 4 aromatic rings. The number of hydrogen-bond donors (Lipinski definition) is 3. The molecule has 0 radical (unpaired) electrons. The molecule has 3 N–H and O–H groups in total. The number of carbonyl (C=O) groups excluding carboxylic acids is 2. The number of amides is 2. The average Bonchev–Trinajstić information content (AvgIpc) is 3.38. The number of aliphatic hydroxyl groups excluding tert-OH is 1. The molecular weight excluding hydrogens is 510 g/mol. The van der Waals surface area contributed by atoms with Gasteiger partial charge in [0.1, 0.15) is 11.6 Å². The molecule has 11 nitrogen and oxygen atoms in total. The van der Waals surface area contributed by atoms with Crippen LogP contribution in [0, 0.1) is 0 Å². The van der Waals surface area contributed by atoms with Crippen molar-refractivity contribution in [2.24, 2.45) is 0 Å². The van der Waals surface area contributed by atoms with Gasteiger partial charge >= 0.3 is 0 Å². The Morgan fingerprint density at radius 1 is 1.12 bits per heavy atom. The Morgan fingerprint density at radius 3 is 2.67 bits per heavy atom. The topological polar surface area (TPSA) is 125 Å². The van der Waals surface area contributed by atoms with Crippen LogP contribution in [0.15, 0.2) is 60.9 Å². The van der Waals surface area contributed by atoms with Gasteiger partial charge in [-0.25, -0.2) is 4.98 Å². The Hall–Kier alpha value is -4.74. The van der Waals surface area contributed by atoms with Crippen molar-refractivity contribution in [3.8, 4) is 11.6 Å². The van der Waals surface area contributed by atoms with Crippen LogP contribution in [0.25, 0.3) is 22.8 Å². The van der Waals surface area contributed by atoms with E-state index >= 15 is 0 Å². The van der Waals surface area contributed by atoms with Crippen molar-refractivity contribution >= 4 is 46.6 Å². The first-order chi connectivity index (χ1) is 19.3. The second kappa shape index (κ2) is 12.9. The minimum atomic E-state index is -0.525. The number of rotatable bonds is 12. The fourth-order valence-corrected chi connectivity index (χ4v) is 4.21. The van der Waals surface area contributed by atoms with Gasteiger partial charge in [-0.2, -0.15) is 4.98 Å². The molecule has 0 aliphatic carbocycles. The lowest BCUT2D eigenvalue weighted by molar-refractivity contribution is -0.121. The van der Waals surface area contributed by atoms with Gasteiger partial charge < -0.3 is 29.5 Å². The van der Waals surface area contributed by atoms with E-state index in [4.69, 9.17) is 9.72 Å². The number of aromatic nitrogens is 3. The molecule has 0 saturated carbocycles. The van der Waals surface area contributed by atoms with Crippen LogP contribution in [0.3, 0.4) is 0 Å². The van der Waals surface area contributed by atoms with Crippen molar-refractivity contribution in [1.82, 2.24) is 24.8 Å². The van der Waals surface area contributed by atoms with Crippen molar-refractivity contribution in [3.05, 3.63) is 72.1 Å². The number of aliphatic hydroxyl groups is 1. The van der Waals surface area contributed by atoms with Gasteiger partial charge in [0, 0.05) is 61.3 Å². The highest BCUT2D eigenvalue weighted by Gasteiger charge is 2.15. The maximum atomic E-state index is 12.0. The van der Waals surface area contributed by atoms with E-state index in [0.717, 1.165) is 40.8 Å². The third kappa shape index (κ3) is 6.63. The number of methoxy groups -OCH3 is 1. The maximum absolute atomic E-state index is 12.0. The number of likely N-dealkylation sites (N-methyl/N-ethyl adjacent to an activating group) is 2. The summed E-state index contributed by atoms with van der Waals surface area (Å²) >= 11 is 0. The number of benzene rings is 2. The second-order valence-electron chi connectivity index (χ2n) is 9.40. The predicted octanol–water partition coefficient (Wildman–Crippen LogP) is 2.95. The molecular formula is C29H33N7O4. The van der Waals surface area contributed by atoms with Gasteiger partial charge in [0.2, 0.25) is 18.3 Å². The Kier molecular flexibility index (Phi) is 9.10. The van der Waals surface area contributed by atoms with Crippen LogP contribution in [0.5, 0.6) is 5.75 Å². The molecule has 0 aliphatic rings. The molecule has 0 aliphatic heterocycles. The largest absolute Gasteiger partial charge is 0.494 e. The minimum absolute atomic E-state index is 0.0201. The molecule has 0 saturated heterocycles. The number of nitrogens with zero attached hydrogens (tertiary/aromatic N) is 5. The van der Waals surface area contributed by atoms with Gasteiger partial charge in [-0.3, -0.25) is 14.9 Å². The monoisotopic (exact) mass is 543 g/mol. The first-order valence-corrected chi connectivity index (χ1v) is 12.6. The third-order valence-electron chi connectivity index (χ3n) is 6.33. The molecule has 11 heteroatoms. The minimum Gasteiger partial charge on any atom is -0.494 e. The van der Waals surface area contributed by atoms with Crippen LogP contribution in [0.4, 0.5) is 17.3 Å². The zero-order chi connectivity index (χ0) is 28.6. The SMILES string of the molecule is COc1cc(N(C)CCN(C)C)c(C=CC(=O)NC=O)cc1Nc1nccc(-n2ccc3cc(CO)ccc32)n1. The lowest BCUT2D eigenvalue weighted by Crippen LogP contribution is -2.29. The summed E-state index contributed by atoms with van der Waals surface area (Å²) < 4.78 is 7.65. The van der Waals surface area contributed by atoms with Crippen LogP contribution < -0.4 is 20.3 Å². The Balaban J connectivity index is 1.69. The van der Waals surface area contributed by atoms with Crippen LogP contribution >= 0.6 is 0 Å². The Morgan fingerprint density at radius 2 is 1.95 bits per heavy atom. The zero-order valence-corrected chi connectivity index (χ0v) is 23.0. The molecule has 0 bridgehead atoms. The third-order valence-corrected chi connectivity index (χ3v) is 6.33. The Bertz CT molecular complexity index is 1530. The number of hydrogen-bond acceptors (Lipinski definition) is 9. The molecule has 208 valence electrons. The zero-order valence-electron chi connectivity index (χ0n) is 23.0. The lowest BCUT2D eigenvalue weighted by atomic mass is 10.1. The molecule has 0 unspecified atom stereocenters. The number of imide groups is 1. The van der Waals surface area contributed by atoms with E-state index in [2.05, 4.69) is 25.4 Å². The van der Waals surface area contributed by atoms with Crippen LogP contribution in [0.2, 0.25) is 0 Å². The summed E-state index contributed by atoms with van der Waals surface area (Å²) in [6.07, 6.45) is 6.89. The molecule has 40 heavy (non-hydrogen) atoms.